The molecule has 10 heteroatoms. The summed E-state index contributed by atoms with van der Waals surface area (Å²) in [4.78, 5) is 11.6. The van der Waals surface area contributed by atoms with Gasteiger partial charge in [0.05, 0.1) is 18.8 Å². The van der Waals surface area contributed by atoms with E-state index in [-0.39, 0.29) is 0 Å². The maximum Gasteiger partial charge on any atom is 0.490 e. The lowest BCUT2D eigenvalue weighted by Crippen LogP contribution is -2.52. The summed E-state index contributed by atoms with van der Waals surface area (Å²) >= 11 is 0. The molecular weight excluding hydrogens is 391 g/mol. The van der Waals surface area contributed by atoms with E-state index in [0.717, 1.165) is 45.1 Å². The van der Waals surface area contributed by atoms with Crippen LogP contribution in [0.1, 0.15) is 32.1 Å². The molecule has 29 heavy (non-hydrogen) atoms. The van der Waals surface area contributed by atoms with Crippen molar-refractivity contribution in [3.05, 3.63) is 18.5 Å². The minimum absolute atomic E-state index is 0.296. The lowest BCUT2D eigenvalue weighted by atomic mass is 10.1. The zero-order chi connectivity index (χ0) is 20.9. The number of nitrogens with zero attached hydrogens (tertiary/aromatic N) is 3. The number of aryl methyl sites for hydroxylation is 1. The molecule has 0 spiro atoms. The van der Waals surface area contributed by atoms with Crippen molar-refractivity contribution in [2.45, 2.75) is 63.1 Å². The Bertz CT molecular complexity index is 637. The molecule has 1 saturated heterocycles. The summed E-state index contributed by atoms with van der Waals surface area (Å²) in [7, 11) is 0. The largest absolute Gasteiger partial charge is 0.490 e. The highest BCUT2D eigenvalue weighted by Gasteiger charge is 2.44. The van der Waals surface area contributed by atoms with Gasteiger partial charge in [-0.25, -0.2) is 4.79 Å². The molecule has 0 unspecified atom stereocenters. The summed E-state index contributed by atoms with van der Waals surface area (Å²) in [6.45, 7) is 5.02. The van der Waals surface area contributed by atoms with Crippen LogP contribution in [0, 0.1) is 5.92 Å². The van der Waals surface area contributed by atoms with Crippen LogP contribution in [0.5, 0.6) is 0 Å². The summed E-state index contributed by atoms with van der Waals surface area (Å²) in [5.41, 5.74) is 0. The lowest BCUT2D eigenvalue weighted by Gasteiger charge is -2.39. The number of hydrogen-bond acceptors (Lipinski definition) is 5. The number of alkyl halides is 3. The molecule has 1 aromatic heterocycles. The van der Waals surface area contributed by atoms with E-state index in [1.54, 1.807) is 0 Å². The highest BCUT2D eigenvalue weighted by molar-refractivity contribution is 5.73. The molecule has 1 aliphatic heterocycles. The molecule has 0 bridgehead atoms. The van der Waals surface area contributed by atoms with E-state index in [4.69, 9.17) is 19.4 Å². The second-order valence-electron chi connectivity index (χ2n) is 7.75. The number of hydrogen-bond donors (Lipinski definition) is 1. The highest BCUT2D eigenvalue weighted by atomic mass is 19.4. The van der Waals surface area contributed by atoms with Crippen molar-refractivity contribution in [2.24, 2.45) is 5.92 Å². The maximum absolute atomic E-state index is 10.6. The molecule has 0 radical (unpaired) electrons. The van der Waals surface area contributed by atoms with Crippen molar-refractivity contribution in [3.8, 4) is 0 Å². The first-order chi connectivity index (χ1) is 13.8. The molecule has 2 heterocycles. The first-order valence-electron chi connectivity index (χ1n) is 10.1. The number of aliphatic carboxylic acids is 1. The number of carboxylic acid groups (broad SMARTS) is 1. The quantitative estimate of drug-likeness (QED) is 0.685. The van der Waals surface area contributed by atoms with E-state index in [2.05, 4.69) is 10.00 Å². The maximum atomic E-state index is 10.6. The van der Waals surface area contributed by atoms with Crippen molar-refractivity contribution in [2.75, 3.05) is 26.3 Å². The Hall–Kier alpha value is -1.65. The number of halogens is 3. The molecule has 2 saturated carbocycles. The Morgan fingerprint density at radius 1 is 1.28 bits per heavy atom. The zero-order valence-electron chi connectivity index (χ0n) is 16.3. The van der Waals surface area contributed by atoms with E-state index in [1.165, 1.54) is 25.8 Å². The number of fused-ring (bicyclic) bond motifs is 1. The summed E-state index contributed by atoms with van der Waals surface area (Å²) in [5.74, 6) is -1.79. The van der Waals surface area contributed by atoms with Crippen molar-refractivity contribution in [1.82, 2.24) is 14.7 Å². The van der Waals surface area contributed by atoms with Gasteiger partial charge in [0.15, 0.2) is 0 Å². The molecule has 0 amide bonds. The standard InChI is InChI=1S/C17H27N3O2.C2HF3O2/c1-7-18-20(8-1)9-2-11-21-16-6-5-15-17(16)22-12-10-19(15)13-14-3-4-14;3-2(4,5)1(6)7/h1,7-8,14-17H,2-6,9-13H2;(H,6,7)/t15-,16+,17+;/m0./s1. The van der Waals surface area contributed by atoms with Gasteiger partial charge in [-0.3, -0.25) is 9.58 Å². The average Bonchev–Trinajstić information content (AvgIpc) is 3.16. The van der Waals surface area contributed by atoms with Crippen LogP contribution < -0.4 is 0 Å². The van der Waals surface area contributed by atoms with E-state index in [9.17, 15) is 13.2 Å². The zero-order valence-corrected chi connectivity index (χ0v) is 16.3. The lowest BCUT2D eigenvalue weighted by molar-refractivity contribution is -0.192. The van der Waals surface area contributed by atoms with Crippen LogP contribution in [0.3, 0.4) is 0 Å². The van der Waals surface area contributed by atoms with Crippen molar-refractivity contribution < 1.29 is 32.5 Å². The van der Waals surface area contributed by atoms with Gasteiger partial charge < -0.3 is 14.6 Å². The molecule has 4 rings (SSSR count). The number of rotatable bonds is 7. The summed E-state index contributed by atoms with van der Waals surface area (Å²) in [6, 6.07) is 2.57. The van der Waals surface area contributed by atoms with Gasteiger partial charge in [0, 0.05) is 44.7 Å². The van der Waals surface area contributed by atoms with Crippen LogP contribution in [-0.2, 0) is 20.8 Å². The number of ether oxygens (including phenoxy) is 2. The molecule has 3 atom stereocenters. The molecule has 0 aromatic carbocycles. The molecular formula is C19H28F3N3O4. The number of carbonyl (C=O) groups is 1. The molecule has 1 N–H and O–H groups in total. The average molecular weight is 419 g/mol. The summed E-state index contributed by atoms with van der Waals surface area (Å²) in [5, 5.41) is 11.3. The van der Waals surface area contributed by atoms with Gasteiger partial charge in [-0.15, -0.1) is 0 Å². The number of carboxylic acids is 1. The van der Waals surface area contributed by atoms with Crippen LogP contribution in [0.25, 0.3) is 0 Å². The summed E-state index contributed by atoms with van der Waals surface area (Å²) < 4.78 is 45.9. The Morgan fingerprint density at radius 2 is 2.03 bits per heavy atom. The van der Waals surface area contributed by atoms with Gasteiger partial charge in [0.1, 0.15) is 0 Å². The van der Waals surface area contributed by atoms with Crippen LogP contribution >= 0.6 is 0 Å². The Balaban J connectivity index is 0.000000298. The first-order valence-corrected chi connectivity index (χ1v) is 10.1. The van der Waals surface area contributed by atoms with Gasteiger partial charge in [-0.1, -0.05) is 0 Å². The fourth-order valence-electron chi connectivity index (χ4n) is 3.92. The SMILES string of the molecule is O=C(O)C(F)(F)F.c1cnn(CCCO[C@@H]2CC[C@H]3[C@H]2OCCN3CC2CC2)c1. The molecule has 2 aliphatic carbocycles. The van der Waals surface area contributed by atoms with E-state index >= 15 is 0 Å². The normalized spacial score (nSPS) is 27.2. The third-order valence-electron chi connectivity index (χ3n) is 5.51. The monoisotopic (exact) mass is 419 g/mol. The molecule has 1 aromatic rings. The fraction of sp³-hybridized carbons (Fsp3) is 0.789. The minimum atomic E-state index is -5.08. The van der Waals surface area contributed by atoms with E-state index in [0.29, 0.717) is 18.2 Å². The van der Waals surface area contributed by atoms with Crippen LogP contribution in [0.2, 0.25) is 0 Å². The highest BCUT2D eigenvalue weighted by Crippen LogP contribution is 2.36. The second kappa shape index (κ2) is 9.90. The Kier molecular flexibility index (Phi) is 7.53. The molecule has 3 fully saturated rings. The number of aromatic nitrogens is 2. The first kappa shape index (κ1) is 22.0. The van der Waals surface area contributed by atoms with Gasteiger partial charge in [0.2, 0.25) is 0 Å². The van der Waals surface area contributed by atoms with Crippen molar-refractivity contribution in [1.29, 1.82) is 0 Å². The van der Waals surface area contributed by atoms with Crippen molar-refractivity contribution in [3.63, 3.8) is 0 Å². The predicted molar refractivity (Wildman–Crippen MR) is 97.3 cm³/mol. The van der Waals surface area contributed by atoms with E-state index < -0.39 is 12.1 Å². The third-order valence-corrected chi connectivity index (χ3v) is 5.51. The summed E-state index contributed by atoms with van der Waals surface area (Å²) in [6.07, 6.45) is 5.62. The van der Waals surface area contributed by atoms with Crippen LogP contribution in [-0.4, -0.2) is 76.5 Å². The topological polar surface area (TPSA) is 76.8 Å². The predicted octanol–water partition coefficient (Wildman–Crippen LogP) is 2.56. The van der Waals surface area contributed by atoms with Crippen LogP contribution in [0.15, 0.2) is 18.5 Å². The second-order valence-corrected chi connectivity index (χ2v) is 7.75. The Morgan fingerprint density at radius 3 is 2.66 bits per heavy atom. The minimum Gasteiger partial charge on any atom is -0.475 e. The molecule has 7 nitrogen and oxygen atoms in total. The fourth-order valence-corrected chi connectivity index (χ4v) is 3.92. The van der Waals surface area contributed by atoms with Crippen molar-refractivity contribution >= 4 is 5.97 Å². The van der Waals surface area contributed by atoms with Gasteiger partial charge in [0.25, 0.3) is 0 Å². The third kappa shape index (κ3) is 6.68. The number of morpholine rings is 1. The molecule has 3 aliphatic rings. The Labute approximate surface area is 167 Å². The molecule has 164 valence electrons. The van der Waals surface area contributed by atoms with E-state index in [1.807, 2.05) is 23.1 Å². The van der Waals surface area contributed by atoms with Gasteiger partial charge >= 0.3 is 12.1 Å². The van der Waals surface area contributed by atoms with Gasteiger partial charge in [-0.05, 0) is 44.1 Å². The smallest absolute Gasteiger partial charge is 0.475 e. The van der Waals surface area contributed by atoms with Gasteiger partial charge in [-0.2, -0.15) is 18.3 Å². The van der Waals surface area contributed by atoms with Crippen LogP contribution in [0.4, 0.5) is 13.2 Å².